The molecule has 0 fully saturated rings. The molecule has 0 saturated heterocycles. The Morgan fingerprint density at radius 2 is 1.54 bits per heavy atom. The topological polar surface area (TPSA) is 0 Å². The van der Waals surface area contributed by atoms with Gasteiger partial charge in [-0.15, -0.1) is 0 Å². The summed E-state index contributed by atoms with van der Waals surface area (Å²) in [5.41, 5.74) is 2.38. The molecule has 0 amide bonds. The first-order valence-electron chi connectivity index (χ1n) is 4.98. The molecular weight excluding hydrogens is 163 g/mol. The smallest absolute Gasteiger partial charge is 0.108 e. The SMILES string of the molecule is CCC.FC1Cc2ccccc2C1. The summed E-state index contributed by atoms with van der Waals surface area (Å²) >= 11 is 0. The first-order chi connectivity index (χ1) is 6.27. The summed E-state index contributed by atoms with van der Waals surface area (Å²) in [6, 6.07) is 7.96. The van der Waals surface area contributed by atoms with Crippen LogP contribution in [0.15, 0.2) is 24.3 Å². The fourth-order valence-corrected chi connectivity index (χ4v) is 1.51. The molecule has 0 heterocycles. The summed E-state index contributed by atoms with van der Waals surface area (Å²) < 4.78 is 12.7. The molecule has 13 heavy (non-hydrogen) atoms. The lowest BCUT2D eigenvalue weighted by Crippen LogP contribution is -1.95. The van der Waals surface area contributed by atoms with Crippen LogP contribution in [0.25, 0.3) is 0 Å². The van der Waals surface area contributed by atoms with E-state index in [1.165, 1.54) is 17.5 Å². The lowest BCUT2D eigenvalue weighted by molar-refractivity contribution is 0.349. The Morgan fingerprint density at radius 3 is 1.92 bits per heavy atom. The minimum Gasteiger partial charge on any atom is -0.247 e. The zero-order valence-electron chi connectivity index (χ0n) is 8.39. The van der Waals surface area contributed by atoms with Gasteiger partial charge in [-0.25, -0.2) is 4.39 Å². The highest BCUT2D eigenvalue weighted by atomic mass is 19.1. The summed E-state index contributed by atoms with van der Waals surface area (Å²) in [6.45, 7) is 4.25. The van der Waals surface area contributed by atoms with E-state index in [0.29, 0.717) is 12.8 Å². The number of hydrogen-bond acceptors (Lipinski definition) is 0. The summed E-state index contributed by atoms with van der Waals surface area (Å²) in [7, 11) is 0. The number of alkyl halides is 1. The second-order valence-electron chi connectivity index (χ2n) is 3.48. The van der Waals surface area contributed by atoms with Gasteiger partial charge in [-0.2, -0.15) is 0 Å². The molecule has 1 heteroatoms. The lowest BCUT2D eigenvalue weighted by Gasteiger charge is -1.92. The molecule has 0 spiro atoms. The number of benzene rings is 1. The Balaban J connectivity index is 0.000000251. The van der Waals surface area contributed by atoms with Gasteiger partial charge in [0.25, 0.3) is 0 Å². The Bertz CT molecular complexity index is 230. The molecule has 0 aliphatic heterocycles. The van der Waals surface area contributed by atoms with Crippen LogP contribution in [0.5, 0.6) is 0 Å². The van der Waals surface area contributed by atoms with Gasteiger partial charge in [0.1, 0.15) is 6.17 Å². The van der Waals surface area contributed by atoms with E-state index in [0.717, 1.165) is 0 Å². The van der Waals surface area contributed by atoms with E-state index in [1.54, 1.807) is 0 Å². The number of rotatable bonds is 0. The van der Waals surface area contributed by atoms with Gasteiger partial charge in [0, 0.05) is 12.8 Å². The second kappa shape index (κ2) is 5.00. The van der Waals surface area contributed by atoms with Crippen LogP contribution in [-0.4, -0.2) is 6.17 Å². The van der Waals surface area contributed by atoms with Gasteiger partial charge in [0.05, 0.1) is 0 Å². The number of fused-ring (bicyclic) bond motifs is 1. The van der Waals surface area contributed by atoms with Crippen molar-refractivity contribution >= 4 is 0 Å². The predicted molar refractivity (Wildman–Crippen MR) is 54.7 cm³/mol. The minimum absolute atomic E-state index is 0.621. The molecule has 1 aliphatic carbocycles. The van der Waals surface area contributed by atoms with Gasteiger partial charge in [0.2, 0.25) is 0 Å². The minimum atomic E-state index is -0.627. The largest absolute Gasteiger partial charge is 0.247 e. The van der Waals surface area contributed by atoms with Gasteiger partial charge in [-0.3, -0.25) is 0 Å². The zero-order valence-corrected chi connectivity index (χ0v) is 8.39. The molecule has 1 aromatic carbocycles. The van der Waals surface area contributed by atoms with Gasteiger partial charge in [0.15, 0.2) is 0 Å². The molecule has 0 radical (unpaired) electrons. The van der Waals surface area contributed by atoms with E-state index >= 15 is 0 Å². The maximum atomic E-state index is 12.7. The van der Waals surface area contributed by atoms with Gasteiger partial charge in [-0.1, -0.05) is 44.5 Å². The molecule has 1 aliphatic rings. The van der Waals surface area contributed by atoms with Crippen LogP contribution in [0.3, 0.4) is 0 Å². The summed E-state index contributed by atoms with van der Waals surface area (Å²) in [5, 5.41) is 0. The van der Waals surface area contributed by atoms with E-state index in [4.69, 9.17) is 0 Å². The number of hydrogen-bond donors (Lipinski definition) is 0. The van der Waals surface area contributed by atoms with Crippen molar-refractivity contribution in [3.63, 3.8) is 0 Å². The van der Waals surface area contributed by atoms with Crippen molar-refractivity contribution in [1.82, 2.24) is 0 Å². The Labute approximate surface area is 79.8 Å². The van der Waals surface area contributed by atoms with Gasteiger partial charge >= 0.3 is 0 Å². The fraction of sp³-hybridized carbons (Fsp3) is 0.500. The highest BCUT2D eigenvalue weighted by Gasteiger charge is 2.19. The first kappa shape index (κ1) is 10.2. The van der Waals surface area contributed by atoms with E-state index in [9.17, 15) is 4.39 Å². The van der Waals surface area contributed by atoms with Crippen LogP contribution in [0.4, 0.5) is 4.39 Å². The molecule has 72 valence electrons. The highest BCUT2D eigenvalue weighted by Crippen LogP contribution is 2.23. The molecular formula is C12H17F. The van der Waals surface area contributed by atoms with Crippen molar-refractivity contribution in [2.75, 3.05) is 0 Å². The molecule has 0 bridgehead atoms. The van der Waals surface area contributed by atoms with Crippen LogP contribution >= 0.6 is 0 Å². The molecule has 0 saturated carbocycles. The maximum absolute atomic E-state index is 12.7. The molecule has 0 atom stereocenters. The Kier molecular flexibility index (Phi) is 3.94. The Hall–Kier alpha value is -0.850. The van der Waals surface area contributed by atoms with Crippen LogP contribution in [0.1, 0.15) is 31.4 Å². The van der Waals surface area contributed by atoms with Crippen molar-refractivity contribution < 1.29 is 4.39 Å². The lowest BCUT2D eigenvalue weighted by atomic mass is 10.1. The molecule has 0 aromatic heterocycles. The molecule has 0 nitrogen and oxygen atoms in total. The molecule has 1 aromatic rings. The average Bonchev–Trinajstić information content (AvgIpc) is 2.45. The third-order valence-corrected chi connectivity index (χ3v) is 2.00. The van der Waals surface area contributed by atoms with Gasteiger partial charge < -0.3 is 0 Å². The Morgan fingerprint density at radius 1 is 1.15 bits per heavy atom. The zero-order chi connectivity index (χ0) is 9.68. The molecule has 2 rings (SSSR count). The van der Waals surface area contributed by atoms with Crippen LogP contribution in [0.2, 0.25) is 0 Å². The highest BCUT2D eigenvalue weighted by molar-refractivity contribution is 5.32. The van der Waals surface area contributed by atoms with Crippen LogP contribution < -0.4 is 0 Å². The third kappa shape index (κ3) is 2.83. The van der Waals surface area contributed by atoms with Crippen molar-refractivity contribution in [3.8, 4) is 0 Å². The predicted octanol–water partition coefficient (Wildman–Crippen LogP) is 3.54. The van der Waals surface area contributed by atoms with E-state index in [1.807, 2.05) is 24.3 Å². The normalized spacial score (nSPS) is 14.7. The van der Waals surface area contributed by atoms with Crippen molar-refractivity contribution in [2.45, 2.75) is 39.3 Å². The van der Waals surface area contributed by atoms with Crippen molar-refractivity contribution in [3.05, 3.63) is 35.4 Å². The van der Waals surface area contributed by atoms with E-state index < -0.39 is 6.17 Å². The summed E-state index contributed by atoms with van der Waals surface area (Å²) in [5.74, 6) is 0. The second-order valence-corrected chi connectivity index (χ2v) is 3.48. The third-order valence-electron chi connectivity index (χ3n) is 2.00. The van der Waals surface area contributed by atoms with E-state index in [-0.39, 0.29) is 0 Å². The van der Waals surface area contributed by atoms with Crippen molar-refractivity contribution in [2.24, 2.45) is 0 Å². The van der Waals surface area contributed by atoms with Crippen LogP contribution in [-0.2, 0) is 12.8 Å². The standard InChI is InChI=1S/C9H9F.C3H8/c10-9-5-7-3-1-2-4-8(7)6-9;1-3-2/h1-4,9H,5-6H2;3H2,1-2H3. The summed E-state index contributed by atoms with van der Waals surface area (Å²) in [4.78, 5) is 0. The number of halogens is 1. The molecule has 0 unspecified atom stereocenters. The maximum Gasteiger partial charge on any atom is 0.108 e. The van der Waals surface area contributed by atoms with Crippen LogP contribution in [0, 0.1) is 0 Å². The average molecular weight is 180 g/mol. The monoisotopic (exact) mass is 180 g/mol. The molecule has 0 N–H and O–H groups in total. The van der Waals surface area contributed by atoms with E-state index in [2.05, 4.69) is 13.8 Å². The quantitative estimate of drug-likeness (QED) is 0.573. The fourth-order valence-electron chi connectivity index (χ4n) is 1.51. The van der Waals surface area contributed by atoms with Gasteiger partial charge in [-0.05, 0) is 11.1 Å². The van der Waals surface area contributed by atoms with Crippen molar-refractivity contribution in [1.29, 1.82) is 0 Å². The first-order valence-corrected chi connectivity index (χ1v) is 4.98. The summed E-state index contributed by atoms with van der Waals surface area (Å²) in [6.07, 6.45) is 1.86.